The lowest BCUT2D eigenvalue weighted by Gasteiger charge is -2.27. The van der Waals surface area contributed by atoms with E-state index in [2.05, 4.69) is 0 Å². The first-order valence-electron chi connectivity index (χ1n) is 7.17. The summed E-state index contributed by atoms with van der Waals surface area (Å²) in [5.41, 5.74) is -0.920. The van der Waals surface area contributed by atoms with Crippen LogP contribution >= 0.6 is 0 Å². The predicted molar refractivity (Wildman–Crippen MR) is 77.9 cm³/mol. The minimum Gasteiger partial charge on any atom is -0.480 e. The van der Waals surface area contributed by atoms with Crippen molar-refractivity contribution in [3.63, 3.8) is 0 Å². The molecule has 22 heavy (non-hydrogen) atoms. The van der Waals surface area contributed by atoms with E-state index in [0.29, 0.717) is 0 Å². The first-order valence-corrected chi connectivity index (χ1v) is 7.17. The highest BCUT2D eigenvalue weighted by atomic mass is 16.5. The Balaban J connectivity index is 2.28. The van der Waals surface area contributed by atoms with Crippen LogP contribution in [-0.2, 0) is 19.1 Å². The lowest BCUT2D eigenvalue weighted by Crippen LogP contribution is -2.43. The molecule has 0 spiro atoms. The summed E-state index contributed by atoms with van der Waals surface area (Å²) in [6.45, 7) is 3.33. The van der Waals surface area contributed by atoms with E-state index in [4.69, 9.17) is 4.74 Å². The topological polar surface area (TPSA) is 83.9 Å². The van der Waals surface area contributed by atoms with Crippen molar-refractivity contribution in [3.05, 3.63) is 35.9 Å². The highest BCUT2D eigenvalue weighted by Gasteiger charge is 2.57. The zero-order valence-electron chi connectivity index (χ0n) is 12.6. The van der Waals surface area contributed by atoms with E-state index in [1.807, 2.05) is 37.3 Å². The molecule has 0 aliphatic carbocycles. The molecule has 0 bridgehead atoms. The third-order valence-corrected chi connectivity index (χ3v) is 4.04. The Labute approximate surface area is 128 Å². The number of ether oxygens (including phenoxy) is 1. The molecule has 2 atom stereocenters. The van der Waals surface area contributed by atoms with E-state index in [1.165, 1.54) is 4.90 Å². The molecule has 6 heteroatoms. The second kappa shape index (κ2) is 6.17. The van der Waals surface area contributed by atoms with Gasteiger partial charge in [-0.05, 0) is 19.4 Å². The van der Waals surface area contributed by atoms with Crippen LogP contribution in [0.1, 0.15) is 31.9 Å². The second-order valence-corrected chi connectivity index (χ2v) is 5.39. The summed E-state index contributed by atoms with van der Waals surface area (Å²) in [6.07, 6.45) is -0.363. The van der Waals surface area contributed by atoms with Crippen molar-refractivity contribution in [2.45, 2.75) is 26.3 Å². The van der Waals surface area contributed by atoms with Gasteiger partial charge in [-0.25, -0.2) is 0 Å². The lowest BCUT2D eigenvalue weighted by molar-refractivity contribution is -0.167. The number of rotatable bonds is 5. The first kappa shape index (κ1) is 16.0. The zero-order valence-corrected chi connectivity index (χ0v) is 12.6. The fourth-order valence-corrected chi connectivity index (χ4v) is 2.70. The van der Waals surface area contributed by atoms with E-state index in [1.54, 1.807) is 6.92 Å². The van der Waals surface area contributed by atoms with Gasteiger partial charge in [0.25, 0.3) is 0 Å². The summed E-state index contributed by atoms with van der Waals surface area (Å²) in [6, 6.07) is 8.99. The smallest absolute Gasteiger partial charge is 0.325 e. The lowest BCUT2D eigenvalue weighted by atomic mass is 9.87. The molecule has 1 aliphatic rings. The average molecular weight is 305 g/mol. The second-order valence-electron chi connectivity index (χ2n) is 5.39. The van der Waals surface area contributed by atoms with Gasteiger partial charge in [0, 0.05) is 6.54 Å². The van der Waals surface area contributed by atoms with Crippen molar-refractivity contribution >= 4 is 17.8 Å². The van der Waals surface area contributed by atoms with Crippen LogP contribution in [-0.4, -0.2) is 41.0 Å². The summed E-state index contributed by atoms with van der Waals surface area (Å²) in [4.78, 5) is 37.4. The third kappa shape index (κ3) is 2.68. The normalized spacial score (nSPS) is 22.5. The Morgan fingerprint density at radius 2 is 2.00 bits per heavy atom. The van der Waals surface area contributed by atoms with Gasteiger partial charge in [0.05, 0.1) is 19.1 Å². The van der Waals surface area contributed by atoms with Crippen LogP contribution < -0.4 is 0 Å². The molecule has 0 radical (unpaired) electrons. The quantitative estimate of drug-likeness (QED) is 0.660. The van der Waals surface area contributed by atoms with E-state index >= 15 is 0 Å². The molecule has 1 saturated heterocycles. The van der Waals surface area contributed by atoms with Crippen LogP contribution in [0.15, 0.2) is 30.3 Å². The average Bonchev–Trinajstić information content (AvgIpc) is 2.87. The number of carbonyl (C=O) groups is 3. The molecule has 0 saturated carbocycles. The SMILES string of the molecule is CCOC(=O)[C@@]1(C(=O)O)CC(=O)N([C@@H](C)c2ccccc2)C1. The molecule has 0 unspecified atom stereocenters. The van der Waals surface area contributed by atoms with Crippen LogP contribution in [0.3, 0.4) is 0 Å². The van der Waals surface area contributed by atoms with Crippen LogP contribution in [0.5, 0.6) is 0 Å². The number of likely N-dealkylation sites (tertiary alicyclic amines) is 1. The van der Waals surface area contributed by atoms with Gasteiger partial charge in [-0.1, -0.05) is 30.3 Å². The molecule has 2 rings (SSSR count). The predicted octanol–water partition coefficient (Wildman–Crippen LogP) is 1.61. The van der Waals surface area contributed by atoms with E-state index < -0.39 is 17.4 Å². The van der Waals surface area contributed by atoms with Crippen LogP contribution in [0.25, 0.3) is 0 Å². The largest absolute Gasteiger partial charge is 0.480 e. The van der Waals surface area contributed by atoms with Gasteiger partial charge >= 0.3 is 11.9 Å². The zero-order chi connectivity index (χ0) is 16.3. The van der Waals surface area contributed by atoms with Gasteiger partial charge in [0.1, 0.15) is 0 Å². The molecule has 1 N–H and O–H groups in total. The van der Waals surface area contributed by atoms with E-state index in [0.717, 1.165) is 5.56 Å². The number of carboxylic acids is 1. The summed E-state index contributed by atoms with van der Waals surface area (Å²) in [5, 5.41) is 9.47. The van der Waals surface area contributed by atoms with Gasteiger partial charge in [-0.3, -0.25) is 14.4 Å². The van der Waals surface area contributed by atoms with Crippen LogP contribution in [0.2, 0.25) is 0 Å². The molecule has 1 aromatic carbocycles. The fourth-order valence-electron chi connectivity index (χ4n) is 2.70. The summed E-state index contributed by atoms with van der Waals surface area (Å²) in [5.74, 6) is -2.52. The van der Waals surface area contributed by atoms with Crippen molar-refractivity contribution in [1.82, 2.24) is 4.90 Å². The molecule has 1 fully saturated rings. The number of amides is 1. The van der Waals surface area contributed by atoms with Crippen molar-refractivity contribution in [2.24, 2.45) is 5.41 Å². The summed E-state index contributed by atoms with van der Waals surface area (Å²) < 4.78 is 4.87. The summed E-state index contributed by atoms with van der Waals surface area (Å²) in [7, 11) is 0. The molecule has 1 aliphatic heterocycles. The van der Waals surface area contributed by atoms with Gasteiger partial charge in [0.15, 0.2) is 5.41 Å². The van der Waals surface area contributed by atoms with E-state index in [-0.39, 0.29) is 31.5 Å². The van der Waals surface area contributed by atoms with Crippen LogP contribution in [0, 0.1) is 5.41 Å². The van der Waals surface area contributed by atoms with Crippen molar-refractivity contribution < 1.29 is 24.2 Å². The molecule has 1 heterocycles. The van der Waals surface area contributed by atoms with E-state index in [9.17, 15) is 19.5 Å². The molecule has 0 aromatic heterocycles. The van der Waals surface area contributed by atoms with Crippen molar-refractivity contribution in [1.29, 1.82) is 0 Å². The monoisotopic (exact) mass is 305 g/mol. The summed E-state index contributed by atoms with van der Waals surface area (Å²) >= 11 is 0. The van der Waals surface area contributed by atoms with Crippen molar-refractivity contribution in [2.75, 3.05) is 13.2 Å². The number of carbonyl (C=O) groups excluding carboxylic acids is 2. The first-order chi connectivity index (χ1) is 10.4. The number of benzene rings is 1. The highest BCUT2D eigenvalue weighted by Crippen LogP contribution is 2.37. The Bertz CT molecular complexity index is 585. The number of hydrogen-bond acceptors (Lipinski definition) is 4. The molecular weight excluding hydrogens is 286 g/mol. The Hall–Kier alpha value is -2.37. The number of aliphatic carboxylic acids is 1. The molecule has 1 aromatic rings. The third-order valence-electron chi connectivity index (χ3n) is 4.04. The number of nitrogens with zero attached hydrogens (tertiary/aromatic N) is 1. The highest BCUT2D eigenvalue weighted by molar-refractivity contribution is 6.05. The minimum atomic E-state index is -1.81. The maximum absolute atomic E-state index is 12.3. The van der Waals surface area contributed by atoms with Crippen molar-refractivity contribution in [3.8, 4) is 0 Å². The Kier molecular flexibility index (Phi) is 4.49. The molecule has 6 nitrogen and oxygen atoms in total. The Morgan fingerprint density at radius 3 is 2.55 bits per heavy atom. The van der Waals surface area contributed by atoms with Gasteiger partial charge < -0.3 is 14.7 Å². The van der Waals surface area contributed by atoms with Gasteiger partial charge in [-0.15, -0.1) is 0 Å². The standard InChI is InChI=1S/C16H19NO5/c1-3-22-15(21)16(14(19)20)9-13(18)17(10-16)11(2)12-7-5-4-6-8-12/h4-8,11H,3,9-10H2,1-2H3,(H,19,20)/t11-,16-/m0/s1. The van der Waals surface area contributed by atoms with Gasteiger partial charge in [0.2, 0.25) is 5.91 Å². The number of hydrogen-bond donors (Lipinski definition) is 1. The molecule has 118 valence electrons. The maximum atomic E-state index is 12.3. The van der Waals surface area contributed by atoms with Gasteiger partial charge in [-0.2, -0.15) is 0 Å². The molecular formula is C16H19NO5. The Morgan fingerprint density at radius 1 is 1.36 bits per heavy atom. The van der Waals surface area contributed by atoms with Crippen LogP contribution in [0.4, 0.5) is 0 Å². The maximum Gasteiger partial charge on any atom is 0.325 e. The number of carboxylic acid groups (broad SMARTS) is 1. The fraction of sp³-hybridized carbons (Fsp3) is 0.438. The number of esters is 1. The molecule has 1 amide bonds. The minimum absolute atomic E-state index is 0.0797.